The van der Waals surface area contributed by atoms with E-state index in [0.29, 0.717) is 26.2 Å². The zero-order valence-corrected chi connectivity index (χ0v) is 18.6. The van der Waals surface area contributed by atoms with Crippen LogP contribution in [0.2, 0.25) is 0 Å². The molecule has 3 amide bonds. The number of ether oxygens (including phenoxy) is 1. The Morgan fingerprint density at radius 1 is 1.29 bits per heavy atom. The first-order valence-corrected chi connectivity index (χ1v) is 10.9. The van der Waals surface area contributed by atoms with Gasteiger partial charge in [-0.05, 0) is 39.9 Å². The van der Waals surface area contributed by atoms with Crippen LogP contribution in [0, 0.1) is 5.82 Å². The maximum atomic E-state index is 14.9. The third-order valence-electron chi connectivity index (χ3n) is 6.20. The van der Waals surface area contributed by atoms with E-state index >= 15 is 0 Å². The summed E-state index contributed by atoms with van der Waals surface area (Å²) in [7, 11) is 3.70. The monoisotopic (exact) mass is 433 g/mol. The topological polar surface area (TPSA) is 70.2 Å². The van der Waals surface area contributed by atoms with Gasteiger partial charge in [-0.3, -0.25) is 19.3 Å². The average Bonchev–Trinajstić information content (AvgIpc) is 3.32. The Hall–Kier alpha value is -2.32. The van der Waals surface area contributed by atoms with Crippen LogP contribution in [0.4, 0.5) is 4.39 Å². The molecule has 2 aliphatic heterocycles. The predicted molar refractivity (Wildman–Crippen MR) is 114 cm³/mol. The summed E-state index contributed by atoms with van der Waals surface area (Å²) in [6.45, 7) is 4.16. The molecule has 2 heterocycles. The van der Waals surface area contributed by atoms with Crippen molar-refractivity contribution >= 4 is 17.7 Å². The van der Waals surface area contributed by atoms with Gasteiger partial charge in [-0.15, -0.1) is 0 Å². The van der Waals surface area contributed by atoms with Gasteiger partial charge in [0.25, 0.3) is 0 Å². The Labute approximate surface area is 183 Å². The van der Waals surface area contributed by atoms with E-state index in [1.807, 2.05) is 25.9 Å². The number of hydrogen-bond acceptors (Lipinski definition) is 5. The van der Waals surface area contributed by atoms with E-state index in [9.17, 15) is 18.8 Å². The van der Waals surface area contributed by atoms with Crippen LogP contribution in [0.25, 0.3) is 0 Å². The lowest BCUT2D eigenvalue weighted by molar-refractivity contribution is -0.143. The molecule has 3 rings (SSSR count). The lowest BCUT2D eigenvalue weighted by atomic mass is 9.75. The van der Waals surface area contributed by atoms with Crippen molar-refractivity contribution in [3.05, 3.63) is 35.6 Å². The summed E-state index contributed by atoms with van der Waals surface area (Å²) in [6.07, 6.45) is 1.38. The molecule has 0 spiro atoms. The van der Waals surface area contributed by atoms with Crippen LogP contribution in [0.3, 0.4) is 0 Å². The Balaban J connectivity index is 1.90. The SMILES string of the molecule is CCN(CC1CCCO1)C(=O)CC1(c2ccccc2F)CC(=O)N(CCN(C)C)C1=O. The minimum absolute atomic E-state index is 0.0224. The van der Waals surface area contributed by atoms with E-state index in [4.69, 9.17) is 4.74 Å². The molecule has 2 atom stereocenters. The predicted octanol–water partition coefficient (Wildman–Crippen LogP) is 1.80. The van der Waals surface area contributed by atoms with Gasteiger partial charge < -0.3 is 14.5 Å². The minimum atomic E-state index is -1.52. The second kappa shape index (κ2) is 9.87. The number of likely N-dealkylation sites (N-methyl/N-ethyl adjacent to an activating group) is 2. The molecular weight excluding hydrogens is 401 g/mol. The largest absolute Gasteiger partial charge is 0.376 e. The third-order valence-corrected chi connectivity index (χ3v) is 6.20. The summed E-state index contributed by atoms with van der Waals surface area (Å²) in [5, 5.41) is 0. The van der Waals surface area contributed by atoms with Crippen molar-refractivity contribution in [3.63, 3.8) is 0 Å². The van der Waals surface area contributed by atoms with Crippen molar-refractivity contribution in [2.75, 3.05) is 46.9 Å². The smallest absolute Gasteiger partial charge is 0.241 e. The van der Waals surface area contributed by atoms with Gasteiger partial charge in [0, 0.05) is 51.2 Å². The van der Waals surface area contributed by atoms with Gasteiger partial charge in [0.2, 0.25) is 17.7 Å². The number of benzene rings is 1. The summed E-state index contributed by atoms with van der Waals surface area (Å²) in [5.74, 6) is -1.71. The molecule has 2 saturated heterocycles. The number of carbonyl (C=O) groups excluding carboxylic acids is 3. The summed E-state index contributed by atoms with van der Waals surface area (Å²) >= 11 is 0. The first kappa shape index (κ1) is 23.3. The Kier molecular flexibility index (Phi) is 7.43. The number of rotatable bonds is 9. The van der Waals surface area contributed by atoms with E-state index < -0.39 is 17.1 Å². The Morgan fingerprint density at radius 3 is 2.65 bits per heavy atom. The molecule has 8 heteroatoms. The summed E-state index contributed by atoms with van der Waals surface area (Å²) in [6, 6.07) is 5.95. The molecule has 0 bridgehead atoms. The maximum Gasteiger partial charge on any atom is 0.241 e. The molecule has 2 unspecified atom stereocenters. The molecule has 0 N–H and O–H groups in total. The molecular formula is C23H32FN3O4. The van der Waals surface area contributed by atoms with Crippen molar-refractivity contribution in [2.24, 2.45) is 0 Å². The van der Waals surface area contributed by atoms with Gasteiger partial charge in [0.1, 0.15) is 5.82 Å². The van der Waals surface area contributed by atoms with Gasteiger partial charge in [-0.1, -0.05) is 18.2 Å². The van der Waals surface area contributed by atoms with E-state index in [1.54, 1.807) is 11.0 Å². The second-order valence-electron chi connectivity index (χ2n) is 8.64. The summed E-state index contributed by atoms with van der Waals surface area (Å²) in [5.41, 5.74) is -1.40. The van der Waals surface area contributed by atoms with Crippen LogP contribution in [0.15, 0.2) is 24.3 Å². The molecule has 170 valence electrons. The minimum Gasteiger partial charge on any atom is -0.376 e. The fourth-order valence-corrected chi connectivity index (χ4v) is 4.43. The second-order valence-corrected chi connectivity index (χ2v) is 8.64. The highest BCUT2D eigenvalue weighted by Gasteiger charge is 2.55. The molecule has 7 nitrogen and oxygen atoms in total. The number of carbonyl (C=O) groups is 3. The van der Waals surface area contributed by atoms with E-state index in [1.165, 1.54) is 23.1 Å². The van der Waals surface area contributed by atoms with Crippen molar-refractivity contribution < 1.29 is 23.5 Å². The van der Waals surface area contributed by atoms with Crippen LogP contribution in [0.5, 0.6) is 0 Å². The molecule has 0 aliphatic carbocycles. The van der Waals surface area contributed by atoms with Gasteiger partial charge in [0.05, 0.1) is 11.5 Å². The van der Waals surface area contributed by atoms with E-state index in [0.717, 1.165) is 12.8 Å². The van der Waals surface area contributed by atoms with Crippen molar-refractivity contribution in [1.82, 2.24) is 14.7 Å². The fraction of sp³-hybridized carbons (Fsp3) is 0.609. The lowest BCUT2D eigenvalue weighted by Gasteiger charge is -2.31. The number of hydrogen-bond donors (Lipinski definition) is 0. The number of nitrogens with zero attached hydrogens (tertiary/aromatic N) is 3. The van der Waals surface area contributed by atoms with Crippen molar-refractivity contribution in [2.45, 2.75) is 44.1 Å². The molecule has 2 aliphatic rings. The lowest BCUT2D eigenvalue weighted by Crippen LogP contribution is -2.46. The summed E-state index contributed by atoms with van der Waals surface area (Å²) < 4.78 is 20.5. The first-order valence-electron chi connectivity index (χ1n) is 10.9. The van der Waals surface area contributed by atoms with Crippen molar-refractivity contribution in [3.8, 4) is 0 Å². The Morgan fingerprint density at radius 2 is 2.03 bits per heavy atom. The summed E-state index contributed by atoms with van der Waals surface area (Å²) in [4.78, 5) is 44.3. The molecule has 1 aromatic rings. The molecule has 1 aromatic carbocycles. The quantitative estimate of drug-likeness (QED) is 0.556. The van der Waals surface area contributed by atoms with E-state index in [-0.39, 0.29) is 42.9 Å². The fourth-order valence-electron chi connectivity index (χ4n) is 4.43. The maximum absolute atomic E-state index is 14.9. The highest BCUT2D eigenvalue weighted by Crippen LogP contribution is 2.41. The van der Waals surface area contributed by atoms with Gasteiger partial charge in [0.15, 0.2) is 0 Å². The molecule has 31 heavy (non-hydrogen) atoms. The van der Waals surface area contributed by atoms with Crippen LogP contribution in [-0.2, 0) is 24.5 Å². The van der Waals surface area contributed by atoms with Crippen LogP contribution in [-0.4, -0.2) is 85.4 Å². The molecule has 2 fully saturated rings. The van der Waals surface area contributed by atoms with Crippen LogP contribution in [0.1, 0.15) is 38.2 Å². The number of imide groups is 1. The van der Waals surface area contributed by atoms with Gasteiger partial charge in [-0.25, -0.2) is 4.39 Å². The molecule has 0 radical (unpaired) electrons. The van der Waals surface area contributed by atoms with Crippen LogP contribution < -0.4 is 0 Å². The standard InChI is InChI=1S/C23H32FN3O4/c1-4-26(16-17-8-7-13-31-17)20(28)14-23(18-9-5-6-10-19(18)24)15-21(29)27(22(23)30)12-11-25(2)3/h5-6,9-10,17H,4,7-8,11-16H2,1-3H3. The third kappa shape index (κ3) is 4.96. The zero-order chi connectivity index (χ0) is 22.6. The molecule has 0 aromatic heterocycles. The van der Waals surface area contributed by atoms with Gasteiger partial charge >= 0.3 is 0 Å². The average molecular weight is 434 g/mol. The molecule has 0 saturated carbocycles. The van der Waals surface area contributed by atoms with Gasteiger partial charge in [-0.2, -0.15) is 0 Å². The highest BCUT2D eigenvalue weighted by atomic mass is 19.1. The van der Waals surface area contributed by atoms with Crippen molar-refractivity contribution in [1.29, 1.82) is 0 Å². The van der Waals surface area contributed by atoms with Crippen LogP contribution >= 0.6 is 0 Å². The van der Waals surface area contributed by atoms with E-state index in [2.05, 4.69) is 0 Å². The first-order chi connectivity index (χ1) is 14.8. The normalized spacial score (nSPS) is 23.8. The zero-order valence-electron chi connectivity index (χ0n) is 18.6. The number of amides is 3. The Bertz CT molecular complexity index is 825. The number of halogens is 1. The highest BCUT2D eigenvalue weighted by molar-refractivity contribution is 6.10. The number of likely N-dealkylation sites (tertiary alicyclic amines) is 1.